The number of nitrogens with one attached hydrogen (secondary N) is 2. The van der Waals surface area contributed by atoms with Gasteiger partial charge in [0.1, 0.15) is 5.82 Å². The lowest BCUT2D eigenvalue weighted by Crippen LogP contribution is -2.42. The number of carboxylic acid groups (broad SMARTS) is 1. The highest BCUT2D eigenvalue weighted by atomic mass is 35.5. The van der Waals surface area contributed by atoms with Crippen molar-refractivity contribution in [1.29, 1.82) is 5.26 Å². The number of aryl methyl sites for hydroxylation is 1. The van der Waals surface area contributed by atoms with Gasteiger partial charge in [0.15, 0.2) is 0 Å². The molecular formula is C32H33Cl2F2N3O3. The number of nitriles is 1. The average Bonchev–Trinajstić information content (AvgIpc) is 3.22. The molecule has 2 aromatic rings. The van der Waals surface area contributed by atoms with Gasteiger partial charge in [0.2, 0.25) is 5.91 Å². The van der Waals surface area contributed by atoms with Crippen LogP contribution >= 0.6 is 23.2 Å². The monoisotopic (exact) mass is 615 g/mol. The third-order valence-electron chi connectivity index (χ3n) is 7.11. The topological polar surface area (TPSA) is 102 Å². The summed E-state index contributed by atoms with van der Waals surface area (Å²) >= 11 is 12.2. The molecule has 0 radical (unpaired) electrons. The number of anilines is 1. The predicted octanol–water partition coefficient (Wildman–Crippen LogP) is 7.67. The number of amides is 1. The normalized spacial score (nSPS) is 22.9. The van der Waals surface area contributed by atoms with E-state index in [1.54, 1.807) is 36.4 Å². The highest BCUT2D eigenvalue weighted by Crippen LogP contribution is 2.51. The fourth-order valence-corrected chi connectivity index (χ4v) is 5.56. The van der Waals surface area contributed by atoms with Crippen molar-refractivity contribution in [3.8, 4) is 6.07 Å². The number of carbonyl (C=O) groups excluding carboxylic acids is 1. The first-order valence-corrected chi connectivity index (χ1v) is 14.1. The molecule has 1 aliphatic rings. The van der Waals surface area contributed by atoms with E-state index in [0.717, 1.165) is 11.6 Å². The number of allylic oxidation sites excluding steroid dienone is 4. The van der Waals surface area contributed by atoms with Crippen LogP contribution in [0.1, 0.15) is 50.7 Å². The molecule has 0 saturated carbocycles. The minimum absolute atomic E-state index is 0.0199. The third kappa shape index (κ3) is 8.07. The van der Waals surface area contributed by atoms with Crippen molar-refractivity contribution in [3.05, 3.63) is 100 Å². The molecule has 3 rings (SSSR count). The molecule has 6 nitrogen and oxygen atoms in total. The summed E-state index contributed by atoms with van der Waals surface area (Å²) in [6.07, 6.45) is 6.61. The van der Waals surface area contributed by atoms with Crippen LogP contribution in [-0.2, 0) is 16.0 Å². The number of benzene rings is 2. The van der Waals surface area contributed by atoms with Crippen LogP contribution < -0.4 is 10.6 Å². The maximum absolute atomic E-state index is 15.6. The van der Waals surface area contributed by atoms with Crippen LogP contribution in [0.25, 0.3) is 0 Å². The van der Waals surface area contributed by atoms with Crippen LogP contribution in [0.15, 0.2) is 78.1 Å². The van der Waals surface area contributed by atoms with Crippen LogP contribution in [0.3, 0.4) is 0 Å². The fraction of sp³-hybridized carbons (Fsp3) is 0.344. The summed E-state index contributed by atoms with van der Waals surface area (Å²) in [5.41, 5.74) is -0.375. The fourth-order valence-electron chi connectivity index (χ4n) is 5.25. The minimum atomic E-state index is -1.44. The van der Waals surface area contributed by atoms with Crippen LogP contribution in [0.5, 0.6) is 0 Å². The quantitative estimate of drug-likeness (QED) is 0.238. The van der Waals surface area contributed by atoms with Gasteiger partial charge in [-0.1, -0.05) is 80.4 Å². The molecule has 222 valence electrons. The number of carboxylic acids is 1. The van der Waals surface area contributed by atoms with Gasteiger partial charge in [0.05, 0.1) is 28.9 Å². The molecule has 4 atom stereocenters. The number of halogens is 4. The number of rotatable bonds is 10. The van der Waals surface area contributed by atoms with E-state index in [1.807, 2.05) is 20.8 Å². The van der Waals surface area contributed by atoms with Crippen LogP contribution in [0.4, 0.5) is 14.5 Å². The van der Waals surface area contributed by atoms with E-state index in [9.17, 15) is 19.2 Å². The minimum Gasteiger partial charge on any atom is -0.481 e. The summed E-state index contributed by atoms with van der Waals surface area (Å²) in [6.45, 7) is 5.99. The molecule has 10 heteroatoms. The summed E-state index contributed by atoms with van der Waals surface area (Å²) in [7, 11) is 0. The molecule has 0 aliphatic carbocycles. The van der Waals surface area contributed by atoms with E-state index in [0.29, 0.717) is 18.5 Å². The summed E-state index contributed by atoms with van der Waals surface area (Å²) in [6, 6.07) is 12.0. The highest BCUT2D eigenvalue weighted by Gasteiger charge is 2.58. The van der Waals surface area contributed by atoms with Crippen molar-refractivity contribution in [1.82, 2.24) is 5.32 Å². The summed E-state index contributed by atoms with van der Waals surface area (Å²) in [5, 5.41) is 25.8. The number of hydrogen-bond donors (Lipinski definition) is 3. The molecule has 1 amide bonds. The Hall–Kier alpha value is -3.51. The van der Waals surface area contributed by atoms with Gasteiger partial charge < -0.3 is 15.7 Å². The van der Waals surface area contributed by atoms with Crippen molar-refractivity contribution in [2.24, 2.45) is 10.8 Å². The Bertz CT molecular complexity index is 1430. The Balaban J connectivity index is 2.10. The number of nitrogens with zero attached hydrogens (tertiary/aromatic N) is 1. The van der Waals surface area contributed by atoms with Gasteiger partial charge in [-0.25, -0.2) is 8.78 Å². The molecule has 0 unspecified atom stereocenters. The van der Waals surface area contributed by atoms with Crippen molar-refractivity contribution in [2.75, 3.05) is 5.32 Å². The second-order valence-corrected chi connectivity index (χ2v) is 12.3. The van der Waals surface area contributed by atoms with E-state index in [2.05, 4.69) is 16.7 Å². The Kier molecular flexibility index (Phi) is 11.1. The molecule has 1 fully saturated rings. The third-order valence-corrected chi connectivity index (χ3v) is 7.66. The summed E-state index contributed by atoms with van der Waals surface area (Å²) < 4.78 is 28.3. The van der Waals surface area contributed by atoms with Gasteiger partial charge in [0.25, 0.3) is 0 Å². The molecule has 0 aromatic heterocycles. The summed E-state index contributed by atoms with van der Waals surface area (Å²) in [5.74, 6) is -3.14. The number of carbonyl (C=O) groups is 2. The maximum atomic E-state index is 15.6. The average molecular weight is 617 g/mol. The van der Waals surface area contributed by atoms with Gasteiger partial charge in [-0.3, -0.25) is 9.59 Å². The lowest BCUT2D eigenvalue weighted by atomic mass is 9.66. The lowest BCUT2D eigenvalue weighted by molar-refractivity contribution is -0.137. The molecule has 1 saturated heterocycles. The van der Waals surface area contributed by atoms with Crippen molar-refractivity contribution < 1.29 is 23.5 Å². The molecule has 1 aliphatic heterocycles. The lowest BCUT2D eigenvalue weighted by Gasteiger charge is -2.34. The molecular weight excluding hydrogens is 583 g/mol. The van der Waals surface area contributed by atoms with E-state index < -0.39 is 41.1 Å². The van der Waals surface area contributed by atoms with Crippen LogP contribution in [-0.4, -0.2) is 29.1 Å². The van der Waals surface area contributed by atoms with Crippen molar-refractivity contribution in [2.45, 2.75) is 58.0 Å². The SMILES string of the molecule is CC(C)(C)C[C@@H]1N[C@@H](C(=O)Nc2ccc(CCC(=O)O)cc2)[C@H](c2cccc(Cl)c2F)[C@@]1(C#N)/C=C/C=C(Cl)\C=C\F. The van der Waals surface area contributed by atoms with Gasteiger partial charge in [0, 0.05) is 29.1 Å². The van der Waals surface area contributed by atoms with Crippen LogP contribution in [0.2, 0.25) is 5.02 Å². The zero-order chi connectivity index (χ0) is 31.1. The first-order chi connectivity index (χ1) is 19.8. The van der Waals surface area contributed by atoms with Gasteiger partial charge in [-0.15, -0.1) is 0 Å². The molecule has 1 heterocycles. The second-order valence-electron chi connectivity index (χ2n) is 11.4. The van der Waals surface area contributed by atoms with Gasteiger partial charge >= 0.3 is 5.97 Å². The van der Waals surface area contributed by atoms with E-state index in [-0.39, 0.29) is 33.8 Å². The zero-order valence-corrected chi connectivity index (χ0v) is 25.0. The molecule has 0 spiro atoms. The van der Waals surface area contributed by atoms with Crippen molar-refractivity contribution >= 4 is 40.8 Å². The first-order valence-electron chi connectivity index (χ1n) is 13.4. The van der Waals surface area contributed by atoms with Crippen molar-refractivity contribution in [3.63, 3.8) is 0 Å². The second kappa shape index (κ2) is 14.1. The smallest absolute Gasteiger partial charge is 0.303 e. The number of aliphatic carboxylic acids is 1. The van der Waals surface area contributed by atoms with E-state index in [4.69, 9.17) is 28.3 Å². The standard InChI is InChI=1S/C32H33Cl2F2N3O3/c1-31(2,3)18-25-32(19-37,16-5-6-21(33)15-17-35)27(23-7-4-8-24(34)28(23)36)29(39-25)30(42)38-22-12-9-20(10-13-22)11-14-26(40)41/h4-10,12-13,15-17,25,27,29,39H,11,14,18H2,1-3H3,(H,38,42)(H,40,41)/b16-5+,17-15+,21-6+/t25-,27-,29+,32+/m0/s1. The summed E-state index contributed by atoms with van der Waals surface area (Å²) in [4.78, 5) is 24.7. The van der Waals surface area contributed by atoms with E-state index >= 15 is 4.39 Å². The number of hydrogen-bond acceptors (Lipinski definition) is 4. The molecule has 3 N–H and O–H groups in total. The molecule has 42 heavy (non-hydrogen) atoms. The largest absolute Gasteiger partial charge is 0.481 e. The molecule has 2 aromatic carbocycles. The predicted molar refractivity (Wildman–Crippen MR) is 161 cm³/mol. The maximum Gasteiger partial charge on any atom is 0.303 e. The Morgan fingerprint density at radius 2 is 1.90 bits per heavy atom. The van der Waals surface area contributed by atoms with Gasteiger partial charge in [-0.2, -0.15) is 5.26 Å². The van der Waals surface area contributed by atoms with E-state index in [1.165, 1.54) is 24.3 Å². The molecule has 0 bridgehead atoms. The Morgan fingerprint density at radius 1 is 1.21 bits per heavy atom. The highest BCUT2D eigenvalue weighted by molar-refractivity contribution is 6.31. The van der Waals surface area contributed by atoms with Gasteiger partial charge in [-0.05, 0) is 59.7 Å². The first kappa shape index (κ1) is 33.0. The Morgan fingerprint density at radius 3 is 2.50 bits per heavy atom. The Labute approximate surface area is 254 Å². The zero-order valence-electron chi connectivity index (χ0n) is 23.5. The van der Waals surface area contributed by atoms with Crippen LogP contribution in [0, 0.1) is 28.0 Å².